The highest BCUT2D eigenvalue weighted by Gasteiger charge is 2.22. The molecule has 9 heteroatoms. The summed E-state index contributed by atoms with van der Waals surface area (Å²) in [6.45, 7) is 1.51. The third-order valence-corrected chi connectivity index (χ3v) is 6.48. The molecular formula is C24H26N2O6S. The van der Waals surface area contributed by atoms with Gasteiger partial charge < -0.3 is 20.1 Å². The van der Waals surface area contributed by atoms with E-state index in [0.29, 0.717) is 5.56 Å². The minimum Gasteiger partial charge on any atom is -0.480 e. The van der Waals surface area contributed by atoms with Crippen LogP contribution >= 0.6 is 0 Å². The van der Waals surface area contributed by atoms with E-state index in [1.165, 1.54) is 0 Å². The summed E-state index contributed by atoms with van der Waals surface area (Å²) in [6, 6.07) is 16.7. The Bertz CT molecular complexity index is 1250. The lowest BCUT2D eigenvalue weighted by Crippen LogP contribution is -2.42. The van der Waals surface area contributed by atoms with Crippen molar-refractivity contribution < 1.29 is 28.2 Å². The molecule has 0 saturated heterocycles. The molecule has 0 spiro atoms. The monoisotopic (exact) mass is 470 g/mol. The zero-order chi connectivity index (χ0) is 24.2. The Morgan fingerprint density at radius 2 is 1.70 bits per heavy atom. The third kappa shape index (κ3) is 5.68. The molecule has 0 radical (unpaired) electrons. The third-order valence-electron chi connectivity index (χ3n) is 5.35. The number of nitrogens with one attached hydrogen (secondary N) is 1. The van der Waals surface area contributed by atoms with Crippen LogP contribution in [-0.2, 0) is 25.8 Å². The van der Waals surface area contributed by atoms with Gasteiger partial charge in [-0.2, -0.15) is 0 Å². The highest BCUT2D eigenvalue weighted by atomic mass is 32.2. The number of aliphatic hydroxyl groups excluding tert-OH is 1. The lowest BCUT2D eigenvalue weighted by molar-refractivity contribution is -0.142. The van der Waals surface area contributed by atoms with Gasteiger partial charge in [0.1, 0.15) is 6.04 Å². The number of para-hydroxylation sites is 1. The van der Waals surface area contributed by atoms with Crippen molar-refractivity contribution in [2.75, 3.05) is 12.9 Å². The summed E-state index contributed by atoms with van der Waals surface area (Å²) >= 11 is 0. The van der Waals surface area contributed by atoms with Gasteiger partial charge in [-0.25, -0.2) is 13.2 Å². The molecule has 0 aliphatic rings. The van der Waals surface area contributed by atoms with E-state index in [0.717, 1.165) is 28.9 Å². The summed E-state index contributed by atoms with van der Waals surface area (Å²) < 4.78 is 25.6. The Kier molecular flexibility index (Phi) is 7.35. The van der Waals surface area contributed by atoms with Crippen LogP contribution in [0.1, 0.15) is 17.7 Å². The number of nitrogens with zero attached hydrogens (tertiary/aromatic N) is 1. The molecule has 0 unspecified atom stereocenters. The number of benzene rings is 2. The van der Waals surface area contributed by atoms with E-state index in [1.807, 2.05) is 47.9 Å². The summed E-state index contributed by atoms with van der Waals surface area (Å²) in [6.07, 6.45) is 1.02. The van der Waals surface area contributed by atoms with Crippen molar-refractivity contribution in [3.8, 4) is 16.9 Å². The van der Waals surface area contributed by atoms with Gasteiger partial charge in [-0.05, 0) is 48.4 Å². The Hall–Kier alpha value is -3.43. The van der Waals surface area contributed by atoms with Gasteiger partial charge in [0.15, 0.2) is 9.84 Å². The Labute approximate surface area is 192 Å². The standard InChI is InChI=1S/C24H26N2O6S/c1-16-18(15-23(28)25-21(12-13-27)24(29)30)14-22(26(16)19-6-4-3-5-7-19)17-8-10-20(11-9-17)33(2,31)32/h3-11,14,21,27H,12-13,15H2,1-2H3,(H,25,28)(H,29,30)/t21-/m1/s1. The Balaban J connectivity index is 2.01. The Morgan fingerprint density at radius 3 is 2.24 bits per heavy atom. The summed E-state index contributed by atoms with van der Waals surface area (Å²) in [5, 5.41) is 20.7. The van der Waals surface area contributed by atoms with Gasteiger partial charge in [0.05, 0.1) is 17.0 Å². The summed E-state index contributed by atoms with van der Waals surface area (Å²) in [5.41, 5.74) is 3.91. The molecule has 3 N–H and O–H groups in total. The van der Waals surface area contributed by atoms with Crippen molar-refractivity contribution in [3.05, 3.63) is 71.9 Å². The molecule has 0 aliphatic heterocycles. The summed E-state index contributed by atoms with van der Waals surface area (Å²) in [4.78, 5) is 24.1. The van der Waals surface area contributed by atoms with Crippen molar-refractivity contribution in [1.82, 2.24) is 9.88 Å². The Morgan fingerprint density at radius 1 is 1.06 bits per heavy atom. The fraction of sp³-hybridized carbons (Fsp3) is 0.250. The van der Waals surface area contributed by atoms with Gasteiger partial charge >= 0.3 is 5.97 Å². The largest absolute Gasteiger partial charge is 0.480 e. The number of hydrogen-bond donors (Lipinski definition) is 3. The zero-order valence-corrected chi connectivity index (χ0v) is 19.2. The lowest BCUT2D eigenvalue weighted by atomic mass is 10.1. The lowest BCUT2D eigenvalue weighted by Gasteiger charge is -2.14. The smallest absolute Gasteiger partial charge is 0.326 e. The number of amides is 1. The SMILES string of the molecule is Cc1c(CC(=O)N[C@H](CCO)C(=O)O)cc(-c2ccc(S(C)(=O)=O)cc2)n1-c1ccccc1. The quantitative estimate of drug-likeness (QED) is 0.441. The van der Waals surface area contributed by atoms with Gasteiger partial charge in [-0.3, -0.25) is 4.79 Å². The van der Waals surface area contributed by atoms with Crippen LogP contribution in [0.4, 0.5) is 0 Å². The molecule has 33 heavy (non-hydrogen) atoms. The predicted octanol–water partition coefficient (Wildman–Crippen LogP) is 2.35. The molecule has 1 atom stereocenters. The fourth-order valence-corrected chi connectivity index (χ4v) is 4.27. The molecule has 1 amide bonds. The number of hydrogen-bond acceptors (Lipinski definition) is 5. The number of aliphatic carboxylic acids is 1. The first-order chi connectivity index (χ1) is 15.6. The number of aliphatic hydroxyl groups is 1. The van der Waals surface area contributed by atoms with E-state index in [4.69, 9.17) is 5.11 Å². The molecule has 2 aromatic carbocycles. The second-order valence-electron chi connectivity index (χ2n) is 7.76. The normalized spacial score (nSPS) is 12.3. The van der Waals surface area contributed by atoms with E-state index in [-0.39, 0.29) is 24.3 Å². The number of carboxylic acids is 1. The van der Waals surface area contributed by atoms with Gasteiger partial charge in [0.2, 0.25) is 5.91 Å². The molecule has 174 valence electrons. The van der Waals surface area contributed by atoms with Crippen LogP contribution in [0.25, 0.3) is 16.9 Å². The summed E-state index contributed by atoms with van der Waals surface area (Å²) in [7, 11) is -3.33. The average molecular weight is 471 g/mol. The first-order valence-electron chi connectivity index (χ1n) is 10.3. The minimum atomic E-state index is -3.33. The van der Waals surface area contributed by atoms with Crippen LogP contribution in [0, 0.1) is 6.92 Å². The van der Waals surface area contributed by atoms with E-state index in [2.05, 4.69) is 5.32 Å². The minimum absolute atomic E-state index is 0.0463. The van der Waals surface area contributed by atoms with E-state index in [1.54, 1.807) is 24.3 Å². The molecule has 1 aromatic heterocycles. The predicted molar refractivity (Wildman–Crippen MR) is 124 cm³/mol. The first-order valence-corrected chi connectivity index (χ1v) is 12.2. The van der Waals surface area contributed by atoms with E-state index >= 15 is 0 Å². The van der Waals surface area contributed by atoms with Crippen LogP contribution in [-0.4, -0.2) is 54.0 Å². The molecule has 0 fully saturated rings. The van der Waals surface area contributed by atoms with Gasteiger partial charge in [0.25, 0.3) is 0 Å². The van der Waals surface area contributed by atoms with Crippen molar-refractivity contribution in [2.45, 2.75) is 30.7 Å². The maximum atomic E-state index is 12.6. The molecule has 1 heterocycles. The van der Waals surface area contributed by atoms with Crippen molar-refractivity contribution in [3.63, 3.8) is 0 Å². The van der Waals surface area contributed by atoms with E-state index in [9.17, 15) is 23.1 Å². The van der Waals surface area contributed by atoms with Gasteiger partial charge in [-0.1, -0.05) is 30.3 Å². The molecular weight excluding hydrogens is 444 g/mol. The number of aromatic nitrogens is 1. The molecule has 8 nitrogen and oxygen atoms in total. The van der Waals surface area contributed by atoms with Gasteiger partial charge in [-0.15, -0.1) is 0 Å². The second kappa shape index (κ2) is 10.0. The average Bonchev–Trinajstić information content (AvgIpc) is 3.09. The van der Waals surface area contributed by atoms with Crippen LogP contribution in [0.15, 0.2) is 65.6 Å². The highest BCUT2D eigenvalue weighted by molar-refractivity contribution is 7.90. The zero-order valence-electron chi connectivity index (χ0n) is 18.4. The second-order valence-corrected chi connectivity index (χ2v) is 9.77. The van der Waals surface area contributed by atoms with Crippen LogP contribution in [0.3, 0.4) is 0 Å². The number of carboxylic acid groups (broad SMARTS) is 1. The molecule has 0 aliphatic carbocycles. The van der Waals surface area contributed by atoms with Crippen LogP contribution in [0.2, 0.25) is 0 Å². The van der Waals surface area contributed by atoms with Crippen molar-refractivity contribution in [1.29, 1.82) is 0 Å². The maximum Gasteiger partial charge on any atom is 0.326 e. The van der Waals surface area contributed by atoms with E-state index < -0.39 is 27.8 Å². The van der Waals surface area contributed by atoms with Crippen molar-refractivity contribution in [2.24, 2.45) is 0 Å². The topological polar surface area (TPSA) is 126 Å². The number of rotatable bonds is 9. The highest BCUT2D eigenvalue weighted by Crippen LogP contribution is 2.30. The molecule has 0 saturated carbocycles. The van der Waals surface area contributed by atoms with Crippen LogP contribution < -0.4 is 5.32 Å². The van der Waals surface area contributed by atoms with Crippen LogP contribution in [0.5, 0.6) is 0 Å². The summed E-state index contributed by atoms with van der Waals surface area (Å²) in [5.74, 6) is -1.68. The number of carbonyl (C=O) groups excluding carboxylic acids is 1. The number of carbonyl (C=O) groups is 2. The van der Waals surface area contributed by atoms with Crippen molar-refractivity contribution >= 4 is 21.7 Å². The van der Waals surface area contributed by atoms with Gasteiger partial charge in [0, 0.05) is 30.7 Å². The first kappa shape index (κ1) is 24.2. The number of sulfone groups is 1. The maximum absolute atomic E-state index is 12.6. The fourth-order valence-electron chi connectivity index (χ4n) is 3.64. The molecule has 3 rings (SSSR count). The molecule has 3 aromatic rings. The molecule has 0 bridgehead atoms.